The van der Waals surface area contributed by atoms with Crippen molar-refractivity contribution in [2.24, 2.45) is 5.92 Å². The third-order valence-electron chi connectivity index (χ3n) is 4.37. The second-order valence-corrected chi connectivity index (χ2v) is 5.97. The summed E-state index contributed by atoms with van der Waals surface area (Å²) in [4.78, 5) is 0. The lowest BCUT2D eigenvalue weighted by Crippen LogP contribution is -2.33. The van der Waals surface area contributed by atoms with Crippen LogP contribution in [0, 0.1) is 5.92 Å². The summed E-state index contributed by atoms with van der Waals surface area (Å²) in [5, 5.41) is 3.70. The molecule has 1 heterocycles. The fraction of sp³-hybridized carbons (Fsp3) is 1.00. The Labute approximate surface area is 107 Å². The summed E-state index contributed by atoms with van der Waals surface area (Å²) in [5.41, 5.74) is 0. The van der Waals surface area contributed by atoms with Crippen LogP contribution in [0.4, 0.5) is 0 Å². The van der Waals surface area contributed by atoms with Crippen LogP contribution in [0.1, 0.15) is 64.7 Å². The van der Waals surface area contributed by atoms with Gasteiger partial charge in [-0.2, -0.15) is 0 Å². The van der Waals surface area contributed by atoms with E-state index in [2.05, 4.69) is 12.2 Å². The molecule has 2 rings (SSSR count). The molecule has 0 radical (unpaired) electrons. The zero-order chi connectivity index (χ0) is 11.9. The van der Waals surface area contributed by atoms with Gasteiger partial charge in [0.15, 0.2) is 0 Å². The van der Waals surface area contributed by atoms with Crippen LogP contribution in [0.15, 0.2) is 0 Å². The summed E-state index contributed by atoms with van der Waals surface area (Å²) in [5.74, 6) is 0.858. The summed E-state index contributed by atoms with van der Waals surface area (Å²) < 4.78 is 5.92. The number of rotatable bonds is 6. The lowest BCUT2D eigenvalue weighted by atomic mass is 9.90. The zero-order valence-corrected chi connectivity index (χ0v) is 11.4. The monoisotopic (exact) mass is 239 g/mol. The fourth-order valence-corrected chi connectivity index (χ4v) is 3.34. The van der Waals surface area contributed by atoms with Crippen molar-refractivity contribution >= 4 is 0 Å². The molecule has 2 aliphatic rings. The molecule has 2 nitrogen and oxygen atoms in total. The van der Waals surface area contributed by atoms with Gasteiger partial charge < -0.3 is 10.1 Å². The van der Waals surface area contributed by atoms with Crippen LogP contribution in [0.5, 0.6) is 0 Å². The van der Waals surface area contributed by atoms with Gasteiger partial charge in [-0.3, -0.25) is 0 Å². The second kappa shape index (κ2) is 7.38. The van der Waals surface area contributed by atoms with Crippen molar-refractivity contribution in [1.29, 1.82) is 0 Å². The van der Waals surface area contributed by atoms with Crippen LogP contribution >= 0.6 is 0 Å². The lowest BCUT2D eigenvalue weighted by Gasteiger charge is -2.22. The van der Waals surface area contributed by atoms with Crippen molar-refractivity contribution in [1.82, 2.24) is 5.32 Å². The first-order valence-electron chi connectivity index (χ1n) is 7.72. The number of nitrogens with one attached hydrogen (secondary N) is 1. The van der Waals surface area contributed by atoms with E-state index >= 15 is 0 Å². The molecule has 1 aliphatic carbocycles. The molecule has 2 unspecified atom stereocenters. The van der Waals surface area contributed by atoms with Gasteiger partial charge in [0, 0.05) is 18.7 Å². The third-order valence-corrected chi connectivity index (χ3v) is 4.37. The first-order valence-corrected chi connectivity index (χ1v) is 7.72. The van der Waals surface area contributed by atoms with E-state index in [0.29, 0.717) is 6.04 Å². The molecule has 0 aromatic rings. The molecule has 100 valence electrons. The second-order valence-electron chi connectivity index (χ2n) is 5.97. The Morgan fingerprint density at radius 3 is 2.47 bits per heavy atom. The molecule has 2 fully saturated rings. The van der Waals surface area contributed by atoms with E-state index < -0.39 is 0 Å². The summed E-state index contributed by atoms with van der Waals surface area (Å²) >= 11 is 0. The zero-order valence-electron chi connectivity index (χ0n) is 11.4. The molecule has 1 saturated heterocycles. The quantitative estimate of drug-likeness (QED) is 0.766. The molecular weight excluding hydrogens is 210 g/mol. The van der Waals surface area contributed by atoms with Gasteiger partial charge in [0.25, 0.3) is 0 Å². The van der Waals surface area contributed by atoms with Gasteiger partial charge in [-0.25, -0.2) is 0 Å². The van der Waals surface area contributed by atoms with Crippen LogP contribution in [-0.2, 0) is 4.74 Å². The molecule has 0 bridgehead atoms. The van der Waals surface area contributed by atoms with Crippen molar-refractivity contribution in [3.63, 3.8) is 0 Å². The van der Waals surface area contributed by atoms with E-state index in [9.17, 15) is 0 Å². The van der Waals surface area contributed by atoms with Crippen molar-refractivity contribution < 1.29 is 4.74 Å². The van der Waals surface area contributed by atoms with Crippen molar-refractivity contribution in [2.45, 2.75) is 76.8 Å². The fourth-order valence-electron chi connectivity index (χ4n) is 3.34. The molecule has 0 amide bonds. The first-order chi connectivity index (χ1) is 8.38. The van der Waals surface area contributed by atoms with E-state index in [1.807, 2.05) is 0 Å². The van der Waals surface area contributed by atoms with Gasteiger partial charge in [0.1, 0.15) is 0 Å². The maximum Gasteiger partial charge on any atom is 0.0619 e. The highest BCUT2D eigenvalue weighted by atomic mass is 16.5. The Kier molecular flexibility index (Phi) is 5.79. The average Bonchev–Trinajstić information content (AvgIpc) is 2.79. The van der Waals surface area contributed by atoms with Gasteiger partial charge in [0.2, 0.25) is 0 Å². The third kappa shape index (κ3) is 4.59. The Morgan fingerprint density at radius 1 is 0.941 bits per heavy atom. The highest BCUT2D eigenvalue weighted by Gasteiger charge is 2.23. The summed E-state index contributed by atoms with van der Waals surface area (Å²) in [6.45, 7) is 4.22. The van der Waals surface area contributed by atoms with Gasteiger partial charge in [0.05, 0.1) is 6.61 Å². The van der Waals surface area contributed by atoms with E-state index in [-0.39, 0.29) is 0 Å². The molecule has 2 heteroatoms. The smallest absolute Gasteiger partial charge is 0.0619 e. The SMILES string of the molecule is CCCC1CCC(COCC2CCCCC2)N1. The number of hydrogen-bond donors (Lipinski definition) is 1. The maximum absolute atomic E-state index is 5.92. The molecule has 2 atom stereocenters. The van der Waals surface area contributed by atoms with E-state index in [0.717, 1.165) is 25.2 Å². The Bertz CT molecular complexity index is 201. The van der Waals surface area contributed by atoms with Gasteiger partial charge in [-0.15, -0.1) is 0 Å². The summed E-state index contributed by atoms with van der Waals surface area (Å²) in [7, 11) is 0. The van der Waals surface area contributed by atoms with Crippen LogP contribution in [0.3, 0.4) is 0 Å². The van der Waals surface area contributed by atoms with Crippen molar-refractivity contribution in [3.05, 3.63) is 0 Å². The highest BCUT2D eigenvalue weighted by molar-refractivity contribution is 4.83. The van der Waals surface area contributed by atoms with Gasteiger partial charge >= 0.3 is 0 Å². The lowest BCUT2D eigenvalue weighted by molar-refractivity contribution is 0.0719. The Balaban J connectivity index is 1.53. The maximum atomic E-state index is 5.92. The molecule has 0 aromatic carbocycles. The van der Waals surface area contributed by atoms with Crippen LogP contribution in [-0.4, -0.2) is 25.3 Å². The largest absolute Gasteiger partial charge is 0.380 e. The standard InChI is InChI=1S/C15H29NO/c1-2-6-14-9-10-15(16-14)12-17-11-13-7-4-3-5-8-13/h13-16H,2-12H2,1H3. The minimum Gasteiger partial charge on any atom is -0.380 e. The molecule has 1 aliphatic heterocycles. The molecule has 0 aromatic heterocycles. The predicted octanol–water partition coefficient (Wildman–Crippen LogP) is 3.50. The predicted molar refractivity (Wildman–Crippen MR) is 72.2 cm³/mol. The highest BCUT2D eigenvalue weighted by Crippen LogP contribution is 2.24. The van der Waals surface area contributed by atoms with Gasteiger partial charge in [-0.1, -0.05) is 32.6 Å². The minimum absolute atomic E-state index is 0.634. The van der Waals surface area contributed by atoms with Crippen molar-refractivity contribution in [3.8, 4) is 0 Å². The average molecular weight is 239 g/mol. The molecule has 17 heavy (non-hydrogen) atoms. The van der Waals surface area contributed by atoms with Crippen LogP contribution in [0.2, 0.25) is 0 Å². The molecule has 0 spiro atoms. The molecule has 1 saturated carbocycles. The van der Waals surface area contributed by atoms with Crippen molar-refractivity contribution in [2.75, 3.05) is 13.2 Å². The molecular formula is C15H29NO. The van der Waals surface area contributed by atoms with Crippen LogP contribution < -0.4 is 5.32 Å². The number of hydrogen-bond acceptors (Lipinski definition) is 2. The normalized spacial score (nSPS) is 30.9. The molecule has 1 N–H and O–H groups in total. The summed E-state index contributed by atoms with van der Waals surface area (Å²) in [6, 6.07) is 1.40. The van der Waals surface area contributed by atoms with E-state index in [4.69, 9.17) is 4.74 Å². The van der Waals surface area contributed by atoms with E-state index in [1.54, 1.807) is 0 Å². The Hall–Kier alpha value is -0.0800. The number of ether oxygens (including phenoxy) is 1. The first kappa shape index (κ1) is 13.4. The summed E-state index contributed by atoms with van der Waals surface area (Å²) in [6.07, 6.45) is 12.4. The minimum atomic E-state index is 0.634. The van der Waals surface area contributed by atoms with Crippen LogP contribution in [0.25, 0.3) is 0 Å². The Morgan fingerprint density at radius 2 is 1.71 bits per heavy atom. The van der Waals surface area contributed by atoms with E-state index in [1.165, 1.54) is 57.8 Å². The topological polar surface area (TPSA) is 21.3 Å². The van der Waals surface area contributed by atoms with Gasteiger partial charge in [-0.05, 0) is 38.0 Å².